The summed E-state index contributed by atoms with van der Waals surface area (Å²) in [6, 6.07) is 16.4. The van der Waals surface area contributed by atoms with Gasteiger partial charge in [0.1, 0.15) is 5.82 Å². The van der Waals surface area contributed by atoms with Gasteiger partial charge in [-0.15, -0.1) is 12.4 Å². The Kier molecular flexibility index (Phi) is 7.78. The van der Waals surface area contributed by atoms with Gasteiger partial charge >= 0.3 is 0 Å². The van der Waals surface area contributed by atoms with E-state index >= 15 is 0 Å². The largest absolute Gasteiger partial charge is 0.371 e. The second-order valence-electron chi connectivity index (χ2n) is 7.47. The predicted octanol–water partition coefficient (Wildman–Crippen LogP) is 4.75. The van der Waals surface area contributed by atoms with Gasteiger partial charge in [0.2, 0.25) is 5.91 Å². The molecule has 1 fully saturated rings. The Morgan fingerprint density at radius 1 is 0.938 bits per heavy atom. The van der Waals surface area contributed by atoms with E-state index in [0.29, 0.717) is 16.9 Å². The normalized spacial score (nSPS) is 13.7. The molecule has 32 heavy (non-hydrogen) atoms. The third kappa shape index (κ3) is 5.62. The predicted molar refractivity (Wildman–Crippen MR) is 126 cm³/mol. The van der Waals surface area contributed by atoms with Crippen molar-refractivity contribution in [1.29, 1.82) is 0 Å². The highest BCUT2D eigenvalue weighted by molar-refractivity contribution is 6.10. The second kappa shape index (κ2) is 10.7. The molecule has 0 bridgehead atoms. The van der Waals surface area contributed by atoms with Gasteiger partial charge in [0, 0.05) is 42.8 Å². The number of nitrogens with one attached hydrogen (secondary N) is 2. The van der Waals surface area contributed by atoms with E-state index in [4.69, 9.17) is 0 Å². The number of anilines is 3. The quantitative estimate of drug-likeness (QED) is 0.583. The zero-order chi connectivity index (χ0) is 21.6. The van der Waals surface area contributed by atoms with Gasteiger partial charge in [-0.25, -0.2) is 4.39 Å². The molecule has 4 rings (SSSR count). The standard InChI is InChI=1S/C24H23FN4O2.ClH/c25-18-4-3-5-19(16-18)27-24(31)21-6-1-2-7-22(21)28-23(30)17-10-14-29(15-11-17)20-8-12-26-13-9-20;/h1-9,12-13,16-17H,10-11,14-15H2,(H,27,31)(H,28,30);1H. The maximum atomic E-state index is 13.4. The van der Waals surface area contributed by atoms with E-state index in [9.17, 15) is 14.0 Å². The molecule has 8 heteroatoms. The fraction of sp³-hybridized carbons (Fsp3) is 0.208. The number of carbonyl (C=O) groups is 2. The van der Waals surface area contributed by atoms with E-state index in [0.717, 1.165) is 31.6 Å². The number of amides is 2. The van der Waals surface area contributed by atoms with Crippen LogP contribution in [-0.2, 0) is 4.79 Å². The van der Waals surface area contributed by atoms with E-state index < -0.39 is 11.7 Å². The Morgan fingerprint density at radius 3 is 2.38 bits per heavy atom. The molecule has 0 spiro atoms. The van der Waals surface area contributed by atoms with Crippen molar-refractivity contribution >= 4 is 41.3 Å². The number of para-hydroxylation sites is 1. The molecule has 6 nitrogen and oxygen atoms in total. The van der Waals surface area contributed by atoms with Crippen LogP contribution in [0.15, 0.2) is 73.1 Å². The Labute approximate surface area is 192 Å². The molecule has 2 amide bonds. The molecule has 2 N–H and O–H groups in total. The van der Waals surface area contributed by atoms with Crippen LogP contribution in [0.5, 0.6) is 0 Å². The van der Waals surface area contributed by atoms with Crippen molar-refractivity contribution in [1.82, 2.24) is 4.98 Å². The maximum Gasteiger partial charge on any atom is 0.257 e. The molecule has 1 aromatic heterocycles. The van der Waals surface area contributed by atoms with Crippen LogP contribution < -0.4 is 15.5 Å². The number of hydrogen-bond donors (Lipinski definition) is 2. The molecule has 2 heterocycles. The van der Waals surface area contributed by atoms with Gasteiger partial charge in [-0.2, -0.15) is 0 Å². The second-order valence-corrected chi connectivity index (χ2v) is 7.47. The average molecular weight is 455 g/mol. The summed E-state index contributed by atoms with van der Waals surface area (Å²) in [5.41, 5.74) is 2.23. The van der Waals surface area contributed by atoms with Gasteiger partial charge in [-0.05, 0) is 55.3 Å². The summed E-state index contributed by atoms with van der Waals surface area (Å²) >= 11 is 0. The molecule has 3 aromatic rings. The maximum absolute atomic E-state index is 13.4. The molecule has 2 aromatic carbocycles. The smallest absolute Gasteiger partial charge is 0.257 e. The summed E-state index contributed by atoms with van der Waals surface area (Å²) in [6.07, 6.45) is 4.98. The molecule has 1 aliphatic heterocycles. The van der Waals surface area contributed by atoms with Gasteiger partial charge in [0.25, 0.3) is 5.91 Å². The van der Waals surface area contributed by atoms with E-state index in [-0.39, 0.29) is 24.2 Å². The topological polar surface area (TPSA) is 74.3 Å². The number of hydrogen-bond acceptors (Lipinski definition) is 4. The third-order valence-electron chi connectivity index (χ3n) is 5.41. The van der Waals surface area contributed by atoms with Crippen molar-refractivity contribution in [2.24, 2.45) is 5.92 Å². The minimum atomic E-state index is -0.433. The molecular formula is C24H24ClFN4O2. The number of benzene rings is 2. The average Bonchev–Trinajstić information content (AvgIpc) is 2.80. The van der Waals surface area contributed by atoms with E-state index in [1.807, 2.05) is 12.1 Å². The number of nitrogens with zero attached hydrogens (tertiary/aromatic N) is 2. The molecule has 1 aliphatic rings. The van der Waals surface area contributed by atoms with E-state index in [1.165, 1.54) is 18.2 Å². The first kappa shape index (κ1) is 23.2. The molecule has 0 saturated carbocycles. The summed E-state index contributed by atoms with van der Waals surface area (Å²) in [5, 5.41) is 5.58. The highest BCUT2D eigenvalue weighted by Gasteiger charge is 2.26. The monoisotopic (exact) mass is 454 g/mol. The number of pyridine rings is 1. The molecule has 0 aliphatic carbocycles. The highest BCUT2D eigenvalue weighted by Crippen LogP contribution is 2.25. The Morgan fingerprint density at radius 2 is 1.66 bits per heavy atom. The highest BCUT2D eigenvalue weighted by atomic mass is 35.5. The van der Waals surface area contributed by atoms with Crippen LogP contribution in [0.2, 0.25) is 0 Å². The zero-order valence-electron chi connectivity index (χ0n) is 17.3. The van der Waals surface area contributed by atoms with Crippen molar-refractivity contribution in [3.63, 3.8) is 0 Å². The Hall–Kier alpha value is -3.45. The van der Waals surface area contributed by atoms with E-state index in [1.54, 1.807) is 42.7 Å². The van der Waals surface area contributed by atoms with Crippen molar-refractivity contribution < 1.29 is 14.0 Å². The lowest BCUT2D eigenvalue weighted by molar-refractivity contribution is -0.120. The van der Waals surface area contributed by atoms with Crippen molar-refractivity contribution in [3.05, 3.63) is 84.4 Å². The summed E-state index contributed by atoms with van der Waals surface area (Å²) < 4.78 is 13.4. The third-order valence-corrected chi connectivity index (χ3v) is 5.41. The number of halogens is 2. The zero-order valence-corrected chi connectivity index (χ0v) is 18.1. The lowest BCUT2D eigenvalue weighted by Gasteiger charge is -2.33. The van der Waals surface area contributed by atoms with Crippen LogP contribution in [0.4, 0.5) is 21.5 Å². The van der Waals surface area contributed by atoms with Crippen LogP contribution in [-0.4, -0.2) is 29.9 Å². The molecule has 166 valence electrons. The minimum absolute atomic E-state index is 0. The van der Waals surface area contributed by atoms with Gasteiger partial charge in [-0.1, -0.05) is 18.2 Å². The van der Waals surface area contributed by atoms with Crippen LogP contribution in [0.3, 0.4) is 0 Å². The van der Waals surface area contributed by atoms with Gasteiger partial charge in [-0.3, -0.25) is 14.6 Å². The SMILES string of the molecule is Cl.O=C(Nc1cccc(F)c1)c1ccccc1NC(=O)C1CCN(c2ccncc2)CC1. The molecular weight excluding hydrogens is 431 g/mol. The molecule has 1 saturated heterocycles. The van der Waals surface area contributed by atoms with Crippen LogP contribution in [0.25, 0.3) is 0 Å². The molecule has 0 unspecified atom stereocenters. The molecule has 0 radical (unpaired) electrons. The number of carbonyl (C=O) groups excluding carboxylic acids is 2. The number of piperidine rings is 1. The summed E-state index contributed by atoms with van der Waals surface area (Å²) in [5.74, 6) is -1.07. The van der Waals surface area contributed by atoms with E-state index in [2.05, 4.69) is 20.5 Å². The van der Waals surface area contributed by atoms with Crippen molar-refractivity contribution in [3.8, 4) is 0 Å². The summed E-state index contributed by atoms with van der Waals surface area (Å²) in [6.45, 7) is 1.56. The molecule has 0 atom stereocenters. The lowest BCUT2D eigenvalue weighted by atomic mass is 9.95. The first-order chi connectivity index (χ1) is 15.1. The Balaban J connectivity index is 0.00000289. The summed E-state index contributed by atoms with van der Waals surface area (Å²) in [7, 11) is 0. The van der Waals surface area contributed by atoms with Gasteiger partial charge in [0.15, 0.2) is 0 Å². The summed E-state index contributed by atoms with van der Waals surface area (Å²) in [4.78, 5) is 31.9. The van der Waals surface area contributed by atoms with Gasteiger partial charge < -0.3 is 15.5 Å². The first-order valence-electron chi connectivity index (χ1n) is 10.2. The minimum Gasteiger partial charge on any atom is -0.371 e. The van der Waals surface area contributed by atoms with Crippen LogP contribution in [0, 0.1) is 11.7 Å². The van der Waals surface area contributed by atoms with Crippen LogP contribution in [0.1, 0.15) is 23.2 Å². The van der Waals surface area contributed by atoms with Crippen molar-refractivity contribution in [2.75, 3.05) is 28.6 Å². The van der Waals surface area contributed by atoms with Crippen molar-refractivity contribution in [2.45, 2.75) is 12.8 Å². The fourth-order valence-corrected chi connectivity index (χ4v) is 3.74. The van der Waals surface area contributed by atoms with Gasteiger partial charge in [0.05, 0.1) is 11.3 Å². The lowest BCUT2D eigenvalue weighted by Crippen LogP contribution is -2.38. The number of aromatic nitrogens is 1. The Bertz CT molecular complexity index is 1070. The fourth-order valence-electron chi connectivity index (χ4n) is 3.74. The number of rotatable bonds is 5. The first-order valence-corrected chi connectivity index (χ1v) is 10.2. The van der Waals surface area contributed by atoms with Crippen LogP contribution >= 0.6 is 12.4 Å².